The van der Waals surface area contributed by atoms with Crippen molar-refractivity contribution in [1.82, 2.24) is 0 Å². The van der Waals surface area contributed by atoms with Crippen LogP contribution in [0.2, 0.25) is 0 Å². The molecule has 2 N–H and O–H groups in total. The summed E-state index contributed by atoms with van der Waals surface area (Å²) in [4.78, 5) is 4.89. The van der Waals surface area contributed by atoms with Gasteiger partial charge in [-0.25, -0.2) is 0 Å². The smallest absolute Gasteiger partial charge is 0.394 e. The molecule has 1 heterocycles. The highest BCUT2D eigenvalue weighted by Gasteiger charge is 2.28. The predicted octanol–water partition coefficient (Wildman–Crippen LogP) is 3.19. The van der Waals surface area contributed by atoms with Gasteiger partial charge in [-0.1, -0.05) is 0 Å². The number of halogens is 1. The van der Waals surface area contributed by atoms with Gasteiger partial charge >= 0.3 is 10.4 Å². The van der Waals surface area contributed by atoms with E-state index in [0.29, 0.717) is 5.88 Å². The summed E-state index contributed by atoms with van der Waals surface area (Å²) in [6.07, 6.45) is 2.74. The maximum Gasteiger partial charge on any atom is 0.394 e. The molecule has 25 heavy (non-hydrogen) atoms. The lowest BCUT2D eigenvalue weighted by Crippen LogP contribution is -2.29. The molecule has 0 amide bonds. The fourth-order valence-corrected chi connectivity index (χ4v) is 2.83. The van der Waals surface area contributed by atoms with Gasteiger partial charge in [-0.05, 0) is 50.8 Å². The first kappa shape index (κ1) is 21.7. The minimum Gasteiger partial charge on any atom is -0.493 e. The number of alkyl halides is 1. The lowest BCUT2D eigenvalue weighted by Gasteiger charge is -2.30. The molecule has 0 aromatic heterocycles. The molecule has 0 bridgehead atoms. The Balaban J connectivity index is 0.000000550. The normalized spacial score (nSPS) is 15.4. The Morgan fingerprint density at radius 1 is 1.20 bits per heavy atom. The number of hydrogen-bond acceptors (Lipinski definition) is 5. The Labute approximate surface area is 153 Å². The molecule has 2 rings (SSSR count). The van der Waals surface area contributed by atoms with E-state index in [1.807, 2.05) is 6.07 Å². The van der Waals surface area contributed by atoms with E-state index in [1.54, 1.807) is 14.2 Å². The van der Waals surface area contributed by atoms with Crippen LogP contribution in [0.4, 0.5) is 0 Å². The zero-order valence-electron chi connectivity index (χ0n) is 14.7. The maximum absolute atomic E-state index is 8.74. The van der Waals surface area contributed by atoms with E-state index >= 15 is 0 Å². The largest absolute Gasteiger partial charge is 0.493 e. The monoisotopic (exact) mass is 393 g/mol. The van der Waals surface area contributed by atoms with Crippen LogP contribution in [0.15, 0.2) is 17.1 Å². The number of rotatable bonds is 5. The third kappa shape index (κ3) is 7.19. The van der Waals surface area contributed by atoms with E-state index < -0.39 is 10.4 Å². The van der Waals surface area contributed by atoms with Crippen LogP contribution < -0.4 is 9.47 Å². The van der Waals surface area contributed by atoms with E-state index in [9.17, 15) is 0 Å². The zero-order chi connectivity index (χ0) is 19.3. The van der Waals surface area contributed by atoms with Crippen molar-refractivity contribution in [3.63, 3.8) is 0 Å². The van der Waals surface area contributed by atoms with Gasteiger partial charge < -0.3 is 9.47 Å². The molecule has 0 aliphatic carbocycles. The van der Waals surface area contributed by atoms with Gasteiger partial charge in [-0.15, -0.1) is 11.6 Å². The molecule has 1 aromatic carbocycles. The highest BCUT2D eigenvalue weighted by atomic mass is 35.5. The molecule has 0 fully saturated rings. The zero-order valence-corrected chi connectivity index (χ0v) is 16.3. The van der Waals surface area contributed by atoms with E-state index in [1.165, 1.54) is 11.1 Å². The van der Waals surface area contributed by atoms with Gasteiger partial charge in [0.2, 0.25) is 0 Å². The van der Waals surface area contributed by atoms with Gasteiger partial charge in [0.1, 0.15) is 0 Å². The van der Waals surface area contributed by atoms with Gasteiger partial charge in [0.15, 0.2) is 11.5 Å². The highest BCUT2D eigenvalue weighted by Crippen LogP contribution is 2.36. The quantitative estimate of drug-likeness (QED) is 0.587. The summed E-state index contributed by atoms with van der Waals surface area (Å²) in [6.45, 7) is 4.32. The van der Waals surface area contributed by atoms with Gasteiger partial charge in [-0.2, -0.15) is 8.42 Å². The summed E-state index contributed by atoms with van der Waals surface area (Å²) in [5.74, 6) is 2.19. The number of fused-ring (bicyclic) bond motifs is 1. The Morgan fingerprint density at radius 3 is 2.20 bits per heavy atom. The average Bonchev–Trinajstić information content (AvgIpc) is 2.48. The first-order valence-corrected chi connectivity index (χ1v) is 9.53. The average molecular weight is 394 g/mol. The van der Waals surface area contributed by atoms with E-state index in [4.69, 9.17) is 43.6 Å². The van der Waals surface area contributed by atoms with Gasteiger partial charge in [-0.3, -0.25) is 14.1 Å². The van der Waals surface area contributed by atoms with E-state index in [-0.39, 0.29) is 5.54 Å². The van der Waals surface area contributed by atoms with Crippen LogP contribution in [-0.2, 0) is 16.8 Å². The van der Waals surface area contributed by atoms with Crippen molar-refractivity contribution in [3.05, 3.63) is 23.3 Å². The SMILES string of the molecule is COc1cc2c(cc1OC)C(CCCCl)=NC(C)(C)C2.O=S(=O)(O)O. The molecular weight excluding hydrogens is 370 g/mol. The highest BCUT2D eigenvalue weighted by molar-refractivity contribution is 7.79. The second-order valence-electron chi connectivity index (χ2n) is 6.15. The number of methoxy groups -OCH3 is 2. The molecule has 1 aromatic rings. The number of nitrogens with zero attached hydrogens (tertiary/aromatic N) is 1. The van der Waals surface area contributed by atoms with E-state index in [0.717, 1.165) is 36.5 Å². The van der Waals surface area contributed by atoms with Crippen LogP contribution in [0.5, 0.6) is 11.5 Å². The van der Waals surface area contributed by atoms with Crippen molar-refractivity contribution in [2.45, 2.75) is 38.6 Å². The topological polar surface area (TPSA) is 105 Å². The fraction of sp³-hybridized carbons (Fsp3) is 0.562. The molecule has 142 valence electrons. The van der Waals surface area contributed by atoms with Crippen molar-refractivity contribution in [2.75, 3.05) is 20.1 Å². The number of benzene rings is 1. The Kier molecular flexibility index (Phi) is 7.67. The first-order chi connectivity index (χ1) is 11.5. The molecular formula is C16H24ClNO6S. The molecule has 1 aliphatic rings. The molecule has 0 unspecified atom stereocenters. The van der Waals surface area contributed by atoms with Crippen molar-refractivity contribution >= 4 is 27.7 Å². The number of hydrogen-bond donors (Lipinski definition) is 2. The Morgan fingerprint density at radius 2 is 1.72 bits per heavy atom. The maximum atomic E-state index is 8.74. The van der Waals surface area contributed by atoms with Crippen molar-refractivity contribution in [3.8, 4) is 11.5 Å². The summed E-state index contributed by atoms with van der Waals surface area (Å²) < 4.78 is 42.4. The molecule has 0 saturated carbocycles. The number of aliphatic imine (C=N–C) groups is 1. The number of ether oxygens (including phenoxy) is 2. The molecule has 1 aliphatic heterocycles. The van der Waals surface area contributed by atoms with E-state index in [2.05, 4.69) is 19.9 Å². The van der Waals surface area contributed by atoms with Gasteiger partial charge in [0.05, 0.1) is 19.8 Å². The Hall–Kier alpha value is -1.35. The summed E-state index contributed by atoms with van der Waals surface area (Å²) in [5, 5.41) is 0. The van der Waals surface area contributed by atoms with Crippen molar-refractivity contribution in [1.29, 1.82) is 0 Å². The summed E-state index contributed by atoms with van der Waals surface area (Å²) in [5.41, 5.74) is 3.49. The van der Waals surface area contributed by atoms with Crippen LogP contribution in [0.3, 0.4) is 0 Å². The Bertz CT molecular complexity index is 722. The minimum atomic E-state index is -4.67. The van der Waals surface area contributed by atoms with Crippen LogP contribution >= 0.6 is 11.6 Å². The van der Waals surface area contributed by atoms with Gasteiger partial charge in [0, 0.05) is 17.2 Å². The molecule has 9 heteroatoms. The summed E-state index contributed by atoms with van der Waals surface area (Å²) in [7, 11) is -1.34. The standard InChI is InChI=1S/C16H22ClNO2.H2O4S/c1-16(2)10-11-8-14(19-3)15(20-4)9-12(11)13(18-16)6-5-7-17;1-5(2,3)4/h8-9H,5-7,10H2,1-4H3;(H2,1,2,3,4). The second kappa shape index (κ2) is 8.84. The fourth-order valence-electron chi connectivity index (χ4n) is 2.69. The summed E-state index contributed by atoms with van der Waals surface area (Å²) in [6, 6.07) is 4.11. The molecule has 0 saturated heterocycles. The molecule has 0 atom stereocenters. The molecule has 7 nitrogen and oxygen atoms in total. The third-order valence-electron chi connectivity index (χ3n) is 3.53. The van der Waals surface area contributed by atoms with Crippen molar-refractivity contribution in [2.24, 2.45) is 4.99 Å². The van der Waals surface area contributed by atoms with Crippen LogP contribution in [0, 0.1) is 0 Å². The summed E-state index contributed by atoms with van der Waals surface area (Å²) >= 11 is 5.83. The second-order valence-corrected chi connectivity index (χ2v) is 7.43. The predicted molar refractivity (Wildman–Crippen MR) is 98.0 cm³/mol. The van der Waals surface area contributed by atoms with Crippen LogP contribution in [0.1, 0.15) is 37.8 Å². The molecule has 0 radical (unpaired) electrons. The lowest BCUT2D eigenvalue weighted by atomic mass is 9.85. The minimum absolute atomic E-state index is 0.0752. The van der Waals surface area contributed by atoms with Gasteiger partial charge in [0.25, 0.3) is 0 Å². The first-order valence-electron chi connectivity index (χ1n) is 7.60. The van der Waals surface area contributed by atoms with Crippen molar-refractivity contribution < 1.29 is 27.0 Å². The molecule has 0 spiro atoms. The lowest BCUT2D eigenvalue weighted by molar-refractivity contribution is 0.353. The van der Waals surface area contributed by atoms with Crippen LogP contribution in [0.25, 0.3) is 0 Å². The van der Waals surface area contributed by atoms with Crippen LogP contribution in [-0.4, -0.2) is 48.9 Å². The third-order valence-corrected chi connectivity index (χ3v) is 3.80.